The molecular weight excluding hydrogens is 300 g/mol. The molecule has 0 unspecified atom stereocenters. The maximum absolute atomic E-state index is 12.1. The Labute approximate surface area is 133 Å². The Balaban J connectivity index is 2.66. The molecule has 0 fully saturated rings. The summed E-state index contributed by atoms with van der Waals surface area (Å²) in [5.41, 5.74) is 2.91. The van der Waals surface area contributed by atoms with Crippen LogP contribution in [0.4, 0.5) is 5.69 Å². The Bertz CT molecular complexity index is 624. The molecule has 0 radical (unpaired) electrons. The summed E-state index contributed by atoms with van der Waals surface area (Å²) in [7, 11) is -3.29. The largest absolute Gasteiger partial charge is 0.326 e. The summed E-state index contributed by atoms with van der Waals surface area (Å²) in [5, 5.41) is 2.85. The van der Waals surface area contributed by atoms with Crippen molar-refractivity contribution in [2.45, 2.75) is 34.1 Å². The van der Waals surface area contributed by atoms with Crippen LogP contribution in [0.2, 0.25) is 0 Å². The smallest absolute Gasteiger partial charge is 0.225 e. The molecule has 0 aliphatic rings. The third kappa shape index (κ3) is 5.77. The molecule has 0 bridgehead atoms. The first-order valence-electron chi connectivity index (χ1n) is 7.42. The standard InChI is InChI=1S/C16H26N2O3S/c1-12(2)11-18(22(5,20)21)10-9-16(19)17-15-8-6-7-13(3)14(15)4/h6-8,12H,9-11H2,1-5H3,(H,17,19). The molecule has 1 amide bonds. The van der Waals surface area contributed by atoms with Crippen molar-refractivity contribution < 1.29 is 13.2 Å². The van der Waals surface area contributed by atoms with E-state index in [4.69, 9.17) is 0 Å². The highest BCUT2D eigenvalue weighted by atomic mass is 32.2. The number of carbonyl (C=O) groups is 1. The minimum Gasteiger partial charge on any atom is -0.326 e. The highest BCUT2D eigenvalue weighted by Crippen LogP contribution is 2.18. The second-order valence-electron chi connectivity index (χ2n) is 6.06. The number of hydrogen-bond acceptors (Lipinski definition) is 3. The second-order valence-corrected chi connectivity index (χ2v) is 8.04. The van der Waals surface area contributed by atoms with Gasteiger partial charge in [-0.3, -0.25) is 4.79 Å². The van der Waals surface area contributed by atoms with Crippen LogP contribution in [0.5, 0.6) is 0 Å². The predicted octanol–water partition coefficient (Wildman–Crippen LogP) is 2.55. The van der Waals surface area contributed by atoms with E-state index in [1.807, 2.05) is 45.9 Å². The number of anilines is 1. The topological polar surface area (TPSA) is 66.5 Å². The molecule has 22 heavy (non-hydrogen) atoms. The SMILES string of the molecule is Cc1cccc(NC(=O)CCN(CC(C)C)S(C)(=O)=O)c1C. The van der Waals surface area contributed by atoms with Gasteiger partial charge in [0.1, 0.15) is 0 Å². The van der Waals surface area contributed by atoms with Gasteiger partial charge in [0, 0.05) is 25.2 Å². The van der Waals surface area contributed by atoms with E-state index in [-0.39, 0.29) is 24.8 Å². The van der Waals surface area contributed by atoms with Gasteiger partial charge in [0.05, 0.1) is 6.26 Å². The van der Waals surface area contributed by atoms with Crippen LogP contribution in [0.25, 0.3) is 0 Å². The van der Waals surface area contributed by atoms with Crippen molar-refractivity contribution in [3.8, 4) is 0 Å². The first kappa shape index (κ1) is 18.6. The fourth-order valence-electron chi connectivity index (χ4n) is 2.13. The van der Waals surface area contributed by atoms with E-state index >= 15 is 0 Å². The van der Waals surface area contributed by atoms with Crippen LogP contribution in [-0.2, 0) is 14.8 Å². The highest BCUT2D eigenvalue weighted by Gasteiger charge is 2.19. The third-order valence-electron chi connectivity index (χ3n) is 3.50. The van der Waals surface area contributed by atoms with Gasteiger partial charge in [-0.25, -0.2) is 12.7 Å². The van der Waals surface area contributed by atoms with E-state index in [1.54, 1.807) is 0 Å². The Kier molecular flexibility index (Phi) is 6.56. The molecule has 0 saturated carbocycles. The number of carbonyl (C=O) groups excluding carboxylic acids is 1. The Morgan fingerprint density at radius 2 is 1.91 bits per heavy atom. The van der Waals surface area contributed by atoms with Gasteiger partial charge in [-0.1, -0.05) is 26.0 Å². The van der Waals surface area contributed by atoms with Crippen molar-refractivity contribution in [1.82, 2.24) is 4.31 Å². The van der Waals surface area contributed by atoms with Gasteiger partial charge in [-0.2, -0.15) is 0 Å². The normalized spacial score (nSPS) is 12.0. The number of sulfonamides is 1. The Hall–Kier alpha value is -1.40. The molecule has 1 aromatic carbocycles. The summed E-state index contributed by atoms with van der Waals surface area (Å²) >= 11 is 0. The summed E-state index contributed by atoms with van der Waals surface area (Å²) in [6.07, 6.45) is 1.32. The molecule has 1 N–H and O–H groups in total. The molecule has 124 valence electrons. The van der Waals surface area contributed by atoms with E-state index in [1.165, 1.54) is 10.6 Å². The van der Waals surface area contributed by atoms with E-state index in [2.05, 4.69) is 5.32 Å². The monoisotopic (exact) mass is 326 g/mol. The fraction of sp³-hybridized carbons (Fsp3) is 0.562. The second kappa shape index (κ2) is 7.74. The van der Waals surface area contributed by atoms with Gasteiger partial charge in [0.2, 0.25) is 15.9 Å². The number of amides is 1. The minimum absolute atomic E-state index is 0.146. The van der Waals surface area contributed by atoms with Crippen molar-refractivity contribution in [3.63, 3.8) is 0 Å². The van der Waals surface area contributed by atoms with Crippen LogP contribution in [0, 0.1) is 19.8 Å². The summed E-state index contributed by atoms with van der Waals surface area (Å²) < 4.78 is 24.8. The molecule has 0 atom stereocenters. The van der Waals surface area contributed by atoms with Crippen LogP contribution in [0.15, 0.2) is 18.2 Å². The van der Waals surface area contributed by atoms with E-state index in [0.29, 0.717) is 6.54 Å². The van der Waals surface area contributed by atoms with Crippen molar-refractivity contribution in [3.05, 3.63) is 29.3 Å². The number of nitrogens with one attached hydrogen (secondary N) is 1. The maximum atomic E-state index is 12.1. The number of benzene rings is 1. The molecule has 0 saturated heterocycles. The van der Waals surface area contributed by atoms with Crippen molar-refractivity contribution in [2.24, 2.45) is 5.92 Å². The average Bonchev–Trinajstić information content (AvgIpc) is 2.38. The van der Waals surface area contributed by atoms with Crippen molar-refractivity contribution in [2.75, 3.05) is 24.7 Å². The van der Waals surface area contributed by atoms with Gasteiger partial charge < -0.3 is 5.32 Å². The Morgan fingerprint density at radius 3 is 2.45 bits per heavy atom. The Morgan fingerprint density at radius 1 is 1.27 bits per heavy atom. The van der Waals surface area contributed by atoms with Crippen LogP contribution in [0.1, 0.15) is 31.4 Å². The summed E-state index contributed by atoms with van der Waals surface area (Å²) in [6.45, 7) is 8.47. The molecule has 0 spiro atoms. The third-order valence-corrected chi connectivity index (χ3v) is 4.77. The molecule has 1 rings (SSSR count). The summed E-state index contributed by atoms with van der Waals surface area (Å²) in [4.78, 5) is 12.1. The number of rotatable bonds is 7. The zero-order valence-electron chi connectivity index (χ0n) is 14.0. The maximum Gasteiger partial charge on any atom is 0.225 e. The summed E-state index contributed by atoms with van der Waals surface area (Å²) in [5.74, 6) is 0.0444. The van der Waals surface area contributed by atoms with Gasteiger partial charge in [-0.05, 0) is 37.0 Å². The lowest BCUT2D eigenvalue weighted by Crippen LogP contribution is -2.35. The van der Waals surface area contributed by atoms with Crippen molar-refractivity contribution in [1.29, 1.82) is 0 Å². The minimum atomic E-state index is -3.29. The van der Waals surface area contributed by atoms with Crippen LogP contribution in [-0.4, -0.2) is 38.0 Å². The van der Waals surface area contributed by atoms with E-state index in [9.17, 15) is 13.2 Å². The molecule has 5 nitrogen and oxygen atoms in total. The number of nitrogens with zero attached hydrogens (tertiary/aromatic N) is 1. The molecule has 0 heterocycles. The first-order valence-corrected chi connectivity index (χ1v) is 9.27. The number of hydrogen-bond donors (Lipinski definition) is 1. The zero-order chi connectivity index (χ0) is 16.9. The first-order chi connectivity index (χ1) is 10.1. The van der Waals surface area contributed by atoms with Gasteiger partial charge >= 0.3 is 0 Å². The van der Waals surface area contributed by atoms with Gasteiger partial charge in [0.15, 0.2) is 0 Å². The van der Waals surface area contributed by atoms with Crippen LogP contribution in [0.3, 0.4) is 0 Å². The van der Waals surface area contributed by atoms with E-state index < -0.39 is 10.0 Å². The van der Waals surface area contributed by atoms with E-state index in [0.717, 1.165) is 16.8 Å². The number of aryl methyl sites for hydroxylation is 1. The van der Waals surface area contributed by atoms with Gasteiger partial charge in [-0.15, -0.1) is 0 Å². The molecule has 0 aliphatic heterocycles. The molecule has 6 heteroatoms. The fourth-order valence-corrected chi connectivity index (χ4v) is 3.12. The average molecular weight is 326 g/mol. The lowest BCUT2D eigenvalue weighted by molar-refractivity contribution is -0.116. The predicted molar refractivity (Wildman–Crippen MR) is 90.4 cm³/mol. The quantitative estimate of drug-likeness (QED) is 0.837. The van der Waals surface area contributed by atoms with Gasteiger partial charge in [0.25, 0.3) is 0 Å². The van der Waals surface area contributed by atoms with Crippen molar-refractivity contribution >= 4 is 21.6 Å². The summed E-state index contributed by atoms with van der Waals surface area (Å²) in [6, 6.07) is 5.72. The van der Waals surface area contributed by atoms with Crippen LogP contribution >= 0.6 is 0 Å². The lowest BCUT2D eigenvalue weighted by atomic mass is 10.1. The lowest BCUT2D eigenvalue weighted by Gasteiger charge is -2.21. The van der Waals surface area contributed by atoms with Crippen LogP contribution < -0.4 is 5.32 Å². The molecular formula is C16H26N2O3S. The molecule has 0 aromatic heterocycles. The molecule has 0 aliphatic carbocycles. The highest BCUT2D eigenvalue weighted by molar-refractivity contribution is 7.88. The zero-order valence-corrected chi connectivity index (χ0v) is 14.8. The molecule has 1 aromatic rings.